The predicted molar refractivity (Wildman–Crippen MR) is 94.8 cm³/mol. The lowest BCUT2D eigenvalue weighted by Crippen LogP contribution is -2.33. The van der Waals surface area contributed by atoms with E-state index in [1.54, 1.807) is 6.33 Å². The number of para-hydroxylation sites is 1. The molecule has 6 nitrogen and oxygen atoms in total. The Morgan fingerprint density at radius 1 is 1.04 bits per heavy atom. The molecule has 0 amide bonds. The highest BCUT2D eigenvalue weighted by Crippen LogP contribution is 2.09. The fourth-order valence-corrected chi connectivity index (χ4v) is 2.36. The second-order valence-corrected chi connectivity index (χ2v) is 5.32. The van der Waals surface area contributed by atoms with Crippen LogP contribution in [0.2, 0.25) is 0 Å². The zero-order valence-corrected chi connectivity index (χ0v) is 13.3. The Labute approximate surface area is 141 Å². The summed E-state index contributed by atoms with van der Waals surface area (Å²) in [6, 6.07) is 20.2. The normalized spacial score (nSPS) is 11.4. The fourth-order valence-electron chi connectivity index (χ4n) is 2.36. The molecule has 6 heteroatoms. The van der Waals surface area contributed by atoms with E-state index in [1.165, 1.54) is 5.56 Å². The van der Waals surface area contributed by atoms with Gasteiger partial charge in [0.25, 0.3) is 0 Å². The molecular weight excluding hydrogens is 300 g/mol. The summed E-state index contributed by atoms with van der Waals surface area (Å²) in [5.41, 5.74) is 8.19. The molecule has 1 aromatic heterocycles. The lowest BCUT2D eigenvalue weighted by Gasteiger charge is -2.07. The molecule has 0 aliphatic rings. The van der Waals surface area contributed by atoms with Crippen LogP contribution in [0.3, 0.4) is 0 Å². The third-order valence-electron chi connectivity index (χ3n) is 3.61. The van der Waals surface area contributed by atoms with E-state index < -0.39 is 0 Å². The minimum atomic E-state index is 0.374. The summed E-state index contributed by atoms with van der Waals surface area (Å²) >= 11 is 0. The number of benzene rings is 2. The van der Waals surface area contributed by atoms with Crippen molar-refractivity contribution in [3.63, 3.8) is 0 Å². The van der Waals surface area contributed by atoms with Gasteiger partial charge in [0.2, 0.25) is 0 Å². The number of aliphatic imine (C=N–C) groups is 1. The first-order valence-corrected chi connectivity index (χ1v) is 7.85. The van der Waals surface area contributed by atoms with Crippen LogP contribution in [-0.4, -0.2) is 27.3 Å². The van der Waals surface area contributed by atoms with E-state index in [0.29, 0.717) is 12.5 Å². The van der Waals surface area contributed by atoms with Crippen molar-refractivity contribution in [2.75, 3.05) is 6.54 Å². The number of nitrogens with zero attached hydrogens (tertiary/aromatic N) is 4. The number of rotatable bonds is 6. The van der Waals surface area contributed by atoms with Crippen molar-refractivity contribution in [1.82, 2.24) is 20.1 Å². The summed E-state index contributed by atoms with van der Waals surface area (Å²) < 4.78 is 1.90. The molecule has 0 aliphatic carbocycles. The van der Waals surface area contributed by atoms with Gasteiger partial charge in [-0.15, -0.1) is 10.2 Å². The molecule has 0 bridgehead atoms. The summed E-state index contributed by atoms with van der Waals surface area (Å²) in [6.07, 6.45) is 2.58. The first-order valence-electron chi connectivity index (χ1n) is 7.85. The molecule has 0 atom stereocenters. The average molecular weight is 320 g/mol. The van der Waals surface area contributed by atoms with Crippen molar-refractivity contribution in [2.45, 2.75) is 13.0 Å². The first kappa shape index (κ1) is 15.7. The van der Waals surface area contributed by atoms with Gasteiger partial charge in [-0.25, -0.2) is 4.99 Å². The highest BCUT2D eigenvalue weighted by atomic mass is 15.3. The van der Waals surface area contributed by atoms with Crippen molar-refractivity contribution < 1.29 is 0 Å². The van der Waals surface area contributed by atoms with Gasteiger partial charge < -0.3 is 11.1 Å². The van der Waals surface area contributed by atoms with Crippen LogP contribution < -0.4 is 11.1 Å². The lowest BCUT2D eigenvalue weighted by molar-refractivity contribution is 0.822. The molecule has 0 saturated heterocycles. The topological polar surface area (TPSA) is 81.1 Å². The summed E-state index contributed by atoms with van der Waals surface area (Å²) in [5.74, 6) is 1.16. The van der Waals surface area contributed by atoms with Crippen LogP contribution >= 0.6 is 0 Å². The summed E-state index contributed by atoms with van der Waals surface area (Å²) in [6.45, 7) is 1.11. The summed E-state index contributed by atoms with van der Waals surface area (Å²) in [5, 5.41) is 11.2. The van der Waals surface area contributed by atoms with Gasteiger partial charge in [-0.05, 0) is 24.1 Å². The zero-order valence-electron chi connectivity index (χ0n) is 13.3. The molecular formula is C18H20N6. The smallest absolute Gasteiger partial charge is 0.189 e. The maximum atomic E-state index is 5.92. The van der Waals surface area contributed by atoms with Gasteiger partial charge in [0, 0.05) is 12.2 Å². The van der Waals surface area contributed by atoms with Crippen LogP contribution in [0.15, 0.2) is 72.0 Å². The molecule has 1 heterocycles. The molecule has 0 radical (unpaired) electrons. The zero-order chi connectivity index (χ0) is 16.6. The molecule has 0 spiro atoms. The van der Waals surface area contributed by atoms with E-state index in [-0.39, 0.29) is 0 Å². The van der Waals surface area contributed by atoms with Gasteiger partial charge in [0.05, 0.1) is 0 Å². The first-order chi connectivity index (χ1) is 11.8. The molecule has 0 unspecified atom stereocenters. The number of hydrogen-bond acceptors (Lipinski definition) is 3. The standard InChI is InChI=1S/C18H20N6/c19-18(20-12-11-15-7-3-1-4-8-15)21-13-17-23-22-14-24(17)16-9-5-2-6-10-16/h1-10,14H,11-13H2,(H3,19,20,21). The minimum absolute atomic E-state index is 0.374. The van der Waals surface area contributed by atoms with Crippen molar-refractivity contribution in [2.24, 2.45) is 10.7 Å². The Balaban J connectivity index is 1.55. The molecule has 2 aromatic carbocycles. The number of hydrogen-bond donors (Lipinski definition) is 2. The van der Waals surface area contributed by atoms with Crippen LogP contribution in [0.5, 0.6) is 0 Å². The quantitative estimate of drug-likeness (QED) is 0.537. The summed E-state index contributed by atoms with van der Waals surface area (Å²) in [7, 11) is 0. The van der Waals surface area contributed by atoms with Crippen LogP contribution in [0.4, 0.5) is 0 Å². The SMILES string of the molecule is NC(=NCc1nncn1-c1ccccc1)NCCc1ccccc1. The second-order valence-electron chi connectivity index (χ2n) is 5.32. The number of nitrogens with one attached hydrogen (secondary N) is 1. The maximum absolute atomic E-state index is 5.92. The number of guanidine groups is 1. The fraction of sp³-hybridized carbons (Fsp3) is 0.167. The van der Waals surface area contributed by atoms with Crippen molar-refractivity contribution in [3.05, 3.63) is 78.4 Å². The Morgan fingerprint density at radius 2 is 1.75 bits per heavy atom. The van der Waals surface area contributed by atoms with Crippen molar-refractivity contribution in [3.8, 4) is 5.69 Å². The molecule has 0 aliphatic heterocycles. The van der Waals surface area contributed by atoms with E-state index in [1.807, 2.05) is 53.1 Å². The lowest BCUT2D eigenvalue weighted by atomic mass is 10.1. The van der Waals surface area contributed by atoms with Gasteiger partial charge in [-0.2, -0.15) is 0 Å². The van der Waals surface area contributed by atoms with Gasteiger partial charge in [-0.3, -0.25) is 4.57 Å². The maximum Gasteiger partial charge on any atom is 0.189 e. The Bertz CT molecular complexity index is 780. The molecule has 3 N–H and O–H groups in total. The van der Waals surface area contributed by atoms with Crippen molar-refractivity contribution >= 4 is 5.96 Å². The molecule has 3 aromatic rings. The largest absolute Gasteiger partial charge is 0.370 e. The molecule has 0 saturated carbocycles. The molecule has 0 fully saturated rings. The van der Waals surface area contributed by atoms with E-state index in [9.17, 15) is 0 Å². The van der Waals surface area contributed by atoms with E-state index in [2.05, 4.69) is 32.6 Å². The van der Waals surface area contributed by atoms with Crippen LogP contribution in [-0.2, 0) is 13.0 Å². The highest BCUT2D eigenvalue weighted by molar-refractivity contribution is 5.77. The second kappa shape index (κ2) is 7.92. The third-order valence-corrected chi connectivity index (χ3v) is 3.61. The van der Waals surface area contributed by atoms with E-state index in [4.69, 9.17) is 5.73 Å². The Kier molecular flexibility index (Phi) is 5.19. The monoisotopic (exact) mass is 320 g/mol. The number of aromatic nitrogens is 3. The van der Waals surface area contributed by atoms with Gasteiger partial charge in [0.1, 0.15) is 12.9 Å². The Morgan fingerprint density at radius 3 is 2.50 bits per heavy atom. The third kappa shape index (κ3) is 4.19. The predicted octanol–water partition coefficient (Wildman–Crippen LogP) is 1.91. The van der Waals surface area contributed by atoms with Gasteiger partial charge in [0.15, 0.2) is 11.8 Å². The average Bonchev–Trinajstić information content (AvgIpc) is 3.10. The van der Waals surface area contributed by atoms with E-state index >= 15 is 0 Å². The molecule has 3 rings (SSSR count). The molecule has 24 heavy (non-hydrogen) atoms. The van der Waals surface area contributed by atoms with E-state index in [0.717, 1.165) is 24.5 Å². The van der Waals surface area contributed by atoms with Crippen LogP contribution in [0.1, 0.15) is 11.4 Å². The highest BCUT2D eigenvalue weighted by Gasteiger charge is 2.05. The van der Waals surface area contributed by atoms with Crippen LogP contribution in [0.25, 0.3) is 5.69 Å². The number of nitrogens with two attached hydrogens (primary N) is 1. The van der Waals surface area contributed by atoms with Crippen LogP contribution in [0, 0.1) is 0 Å². The minimum Gasteiger partial charge on any atom is -0.370 e. The Hall–Kier alpha value is -3.15. The molecule has 122 valence electrons. The van der Waals surface area contributed by atoms with Gasteiger partial charge in [-0.1, -0.05) is 48.5 Å². The van der Waals surface area contributed by atoms with Gasteiger partial charge >= 0.3 is 0 Å². The van der Waals surface area contributed by atoms with Crippen molar-refractivity contribution in [1.29, 1.82) is 0 Å². The summed E-state index contributed by atoms with van der Waals surface area (Å²) in [4.78, 5) is 4.34.